The van der Waals surface area contributed by atoms with Crippen molar-refractivity contribution in [3.63, 3.8) is 0 Å². The predicted octanol–water partition coefficient (Wildman–Crippen LogP) is 1.07. The van der Waals surface area contributed by atoms with Crippen LogP contribution in [-0.4, -0.2) is 39.0 Å². The fourth-order valence-corrected chi connectivity index (χ4v) is 1.94. The van der Waals surface area contributed by atoms with Crippen molar-refractivity contribution < 1.29 is 14.6 Å². The Bertz CT molecular complexity index is 372. The van der Waals surface area contributed by atoms with Crippen LogP contribution in [0.15, 0.2) is 18.2 Å². The smallest absolute Gasteiger partial charge is 0.127 e. The first kappa shape index (κ1) is 15.8. The van der Waals surface area contributed by atoms with Gasteiger partial charge in [0.15, 0.2) is 0 Å². The Morgan fingerprint density at radius 3 is 2.63 bits per heavy atom. The number of rotatable bonds is 9. The van der Waals surface area contributed by atoms with Gasteiger partial charge in [-0.1, -0.05) is 6.07 Å². The molecule has 5 nitrogen and oxygen atoms in total. The Hall–Kier alpha value is -1.30. The van der Waals surface area contributed by atoms with Crippen molar-refractivity contribution in [2.45, 2.75) is 18.9 Å². The van der Waals surface area contributed by atoms with Crippen LogP contribution in [0.2, 0.25) is 0 Å². The fourth-order valence-electron chi connectivity index (χ4n) is 1.94. The van der Waals surface area contributed by atoms with E-state index in [2.05, 4.69) is 5.32 Å². The number of nitrogens with one attached hydrogen (secondary N) is 1. The summed E-state index contributed by atoms with van der Waals surface area (Å²) in [5.74, 6) is 1.53. The van der Waals surface area contributed by atoms with Gasteiger partial charge in [-0.25, -0.2) is 0 Å². The molecule has 0 aliphatic carbocycles. The molecule has 0 heterocycles. The van der Waals surface area contributed by atoms with Gasteiger partial charge in [-0.2, -0.15) is 0 Å². The standard InChI is InChI=1S/C14H24N2O3/c1-18-11-5-6-12(14(9-11)19-2)13(10-15)16-7-3-4-8-17/h5-6,9,13,16-17H,3-4,7-8,10,15H2,1-2H3. The first-order valence-electron chi connectivity index (χ1n) is 6.53. The van der Waals surface area contributed by atoms with Gasteiger partial charge in [0.1, 0.15) is 11.5 Å². The lowest BCUT2D eigenvalue weighted by Gasteiger charge is -2.20. The maximum absolute atomic E-state index is 8.76. The highest BCUT2D eigenvalue weighted by Gasteiger charge is 2.14. The highest BCUT2D eigenvalue weighted by molar-refractivity contribution is 5.42. The number of aliphatic hydroxyl groups is 1. The SMILES string of the molecule is COc1ccc(C(CN)NCCCCO)c(OC)c1. The average molecular weight is 268 g/mol. The topological polar surface area (TPSA) is 76.7 Å². The van der Waals surface area contributed by atoms with E-state index in [1.54, 1.807) is 14.2 Å². The quantitative estimate of drug-likeness (QED) is 0.584. The molecular weight excluding hydrogens is 244 g/mol. The molecular formula is C14H24N2O3. The van der Waals surface area contributed by atoms with E-state index >= 15 is 0 Å². The summed E-state index contributed by atoms with van der Waals surface area (Å²) < 4.78 is 10.6. The highest BCUT2D eigenvalue weighted by Crippen LogP contribution is 2.29. The third-order valence-electron chi connectivity index (χ3n) is 3.03. The average Bonchev–Trinajstić information content (AvgIpc) is 2.47. The van der Waals surface area contributed by atoms with Gasteiger partial charge in [0, 0.05) is 30.8 Å². The monoisotopic (exact) mass is 268 g/mol. The third-order valence-corrected chi connectivity index (χ3v) is 3.03. The Labute approximate surface area is 114 Å². The van der Waals surface area contributed by atoms with Gasteiger partial charge < -0.3 is 25.6 Å². The first-order valence-corrected chi connectivity index (χ1v) is 6.53. The molecule has 1 rings (SSSR count). The number of aliphatic hydroxyl groups excluding tert-OH is 1. The molecule has 0 saturated carbocycles. The van der Waals surface area contributed by atoms with E-state index in [9.17, 15) is 0 Å². The molecule has 1 unspecified atom stereocenters. The van der Waals surface area contributed by atoms with Crippen molar-refractivity contribution >= 4 is 0 Å². The minimum atomic E-state index is 0.0412. The van der Waals surface area contributed by atoms with Gasteiger partial charge in [0.25, 0.3) is 0 Å². The lowest BCUT2D eigenvalue weighted by Crippen LogP contribution is -2.29. The van der Waals surface area contributed by atoms with Gasteiger partial charge in [0.05, 0.1) is 14.2 Å². The van der Waals surface area contributed by atoms with E-state index in [1.165, 1.54) is 0 Å². The van der Waals surface area contributed by atoms with E-state index in [0.29, 0.717) is 6.54 Å². The highest BCUT2D eigenvalue weighted by atomic mass is 16.5. The van der Waals surface area contributed by atoms with Crippen LogP contribution >= 0.6 is 0 Å². The molecule has 0 aliphatic heterocycles. The van der Waals surface area contributed by atoms with Crippen molar-refractivity contribution in [1.82, 2.24) is 5.32 Å². The van der Waals surface area contributed by atoms with Crippen molar-refractivity contribution in [3.8, 4) is 11.5 Å². The zero-order chi connectivity index (χ0) is 14.1. The second-order valence-electron chi connectivity index (χ2n) is 4.28. The largest absolute Gasteiger partial charge is 0.497 e. The molecule has 108 valence electrons. The van der Waals surface area contributed by atoms with Crippen LogP contribution in [0.4, 0.5) is 0 Å². The molecule has 0 aliphatic rings. The number of methoxy groups -OCH3 is 2. The van der Waals surface area contributed by atoms with Crippen molar-refractivity contribution in [2.75, 3.05) is 33.9 Å². The maximum Gasteiger partial charge on any atom is 0.127 e. The molecule has 1 aromatic rings. The maximum atomic E-state index is 8.76. The summed E-state index contributed by atoms with van der Waals surface area (Å²) in [6, 6.07) is 5.76. The Morgan fingerprint density at radius 2 is 2.05 bits per heavy atom. The molecule has 5 heteroatoms. The van der Waals surface area contributed by atoms with Crippen LogP contribution in [0.25, 0.3) is 0 Å². The van der Waals surface area contributed by atoms with Crippen molar-refractivity contribution in [3.05, 3.63) is 23.8 Å². The van der Waals surface area contributed by atoms with Crippen LogP contribution < -0.4 is 20.5 Å². The van der Waals surface area contributed by atoms with Crippen molar-refractivity contribution in [2.24, 2.45) is 5.73 Å². The minimum Gasteiger partial charge on any atom is -0.497 e. The second kappa shape index (κ2) is 8.74. The molecule has 0 amide bonds. The number of hydrogen-bond donors (Lipinski definition) is 3. The lowest BCUT2D eigenvalue weighted by molar-refractivity contribution is 0.282. The Morgan fingerprint density at radius 1 is 1.26 bits per heavy atom. The fraction of sp³-hybridized carbons (Fsp3) is 0.571. The summed E-state index contributed by atoms with van der Waals surface area (Å²) in [5, 5.41) is 12.1. The first-order chi connectivity index (χ1) is 9.26. The number of hydrogen-bond acceptors (Lipinski definition) is 5. The molecule has 1 aromatic carbocycles. The van der Waals surface area contributed by atoms with E-state index in [0.717, 1.165) is 36.4 Å². The zero-order valence-electron chi connectivity index (χ0n) is 11.7. The summed E-state index contributed by atoms with van der Waals surface area (Å²) in [5.41, 5.74) is 6.84. The molecule has 1 atom stereocenters. The van der Waals surface area contributed by atoms with Gasteiger partial charge in [-0.15, -0.1) is 0 Å². The zero-order valence-corrected chi connectivity index (χ0v) is 11.7. The minimum absolute atomic E-state index is 0.0412. The number of unbranched alkanes of at least 4 members (excludes halogenated alkanes) is 1. The third kappa shape index (κ3) is 4.70. The summed E-state index contributed by atoms with van der Waals surface area (Å²) in [6.45, 7) is 1.53. The normalized spacial score (nSPS) is 12.2. The van der Waals surface area contributed by atoms with Crippen LogP contribution in [0.1, 0.15) is 24.4 Å². The number of nitrogens with two attached hydrogens (primary N) is 1. The van der Waals surface area contributed by atoms with Crippen LogP contribution in [0, 0.1) is 0 Å². The summed E-state index contributed by atoms with van der Waals surface area (Å²) in [7, 11) is 3.26. The van der Waals surface area contributed by atoms with Gasteiger partial charge in [-0.05, 0) is 25.5 Å². The molecule has 19 heavy (non-hydrogen) atoms. The molecule has 0 spiro atoms. The van der Waals surface area contributed by atoms with E-state index in [4.69, 9.17) is 20.3 Å². The number of benzene rings is 1. The predicted molar refractivity (Wildman–Crippen MR) is 75.7 cm³/mol. The van der Waals surface area contributed by atoms with E-state index in [-0.39, 0.29) is 12.6 Å². The van der Waals surface area contributed by atoms with Crippen LogP contribution in [0.5, 0.6) is 11.5 Å². The van der Waals surface area contributed by atoms with Crippen LogP contribution in [-0.2, 0) is 0 Å². The van der Waals surface area contributed by atoms with E-state index in [1.807, 2.05) is 18.2 Å². The van der Waals surface area contributed by atoms with E-state index < -0.39 is 0 Å². The summed E-state index contributed by atoms with van der Waals surface area (Å²) in [4.78, 5) is 0. The molecule has 0 saturated heterocycles. The summed E-state index contributed by atoms with van der Waals surface area (Å²) >= 11 is 0. The second-order valence-corrected chi connectivity index (χ2v) is 4.28. The van der Waals surface area contributed by atoms with Crippen molar-refractivity contribution in [1.29, 1.82) is 0 Å². The molecule has 0 radical (unpaired) electrons. The lowest BCUT2D eigenvalue weighted by atomic mass is 10.1. The molecule has 0 fully saturated rings. The summed E-state index contributed by atoms with van der Waals surface area (Å²) in [6.07, 6.45) is 1.72. The van der Waals surface area contributed by atoms with Gasteiger partial charge in [0.2, 0.25) is 0 Å². The number of ether oxygens (including phenoxy) is 2. The molecule has 4 N–H and O–H groups in total. The van der Waals surface area contributed by atoms with Crippen LogP contribution in [0.3, 0.4) is 0 Å². The van der Waals surface area contributed by atoms with Gasteiger partial charge >= 0.3 is 0 Å². The Kier molecular flexibility index (Phi) is 7.25. The molecule has 0 bridgehead atoms. The Balaban J connectivity index is 2.73. The van der Waals surface area contributed by atoms with Gasteiger partial charge in [-0.3, -0.25) is 0 Å². The molecule has 0 aromatic heterocycles.